The van der Waals surface area contributed by atoms with Crippen molar-refractivity contribution in [2.75, 3.05) is 13.4 Å². The Morgan fingerprint density at radius 2 is 2.00 bits per heavy atom. The van der Waals surface area contributed by atoms with E-state index in [1.807, 2.05) is 12.1 Å². The van der Waals surface area contributed by atoms with Crippen molar-refractivity contribution in [2.45, 2.75) is 18.7 Å². The molecule has 2 aliphatic rings. The van der Waals surface area contributed by atoms with Crippen molar-refractivity contribution in [3.63, 3.8) is 0 Å². The maximum Gasteiger partial charge on any atom is 0.251 e. The van der Waals surface area contributed by atoms with Gasteiger partial charge in [-0.3, -0.25) is 9.59 Å². The van der Waals surface area contributed by atoms with Crippen LogP contribution in [-0.4, -0.2) is 31.3 Å². The standard InChI is InChI=1S/C19H17ClN2O5/c20-13-4-2-1-3-12(13)17-18(25-9-16(23)22-17)19(24)21-8-11-5-6-14-15(7-11)27-10-26-14/h1-7,17-18H,8-10H2,(H,21,24)(H,22,23)/t17-,18+/m1/s1. The van der Waals surface area contributed by atoms with Gasteiger partial charge in [-0.1, -0.05) is 35.9 Å². The first-order chi connectivity index (χ1) is 13.1. The summed E-state index contributed by atoms with van der Waals surface area (Å²) in [6, 6.07) is 11.9. The van der Waals surface area contributed by atoms with Crippen molar-refractivity contribution in [3.05, 3.63) is 58.6 Å². The lowest BCUT2D eigenvalue weighted by Gasteiger charge is -2.32. The van der Waals surface area contributed by atoms with E-state index in [1.54, 1.807) is 30.3 Å². The Bertz CT molecular complexity index is 888. The fourth-order valence-corrected chi connectivity index (χ4v) is 3.34. The highest BCUT2D eigenvalue weighted by molar-refractivity contribution is 6.31. The topological polar surface area (TPSA) is 85.9 Å². The predicted octanol–water partition coefficient (Wildman–Crippen LogP) is 1.94. The Balaban J connectivity index is 1.47. The fourth-order valence-electron chi connectivity index (χ4n) is 3.09. The zero-order valence-electron chi connectivity index (χ0n) is 14.2. The normalized spacial score (nSPS) is 20.9. The zero-order valence-corrected chi connectivity index (χ0v) is 15.0. The minimum Gasteiger partial charge on any atom is -0.454 e. The zero-order chi connectivity index (χ0) is 18.8. The summed E-state index contributed by atoms with van der Waals surface area (Å²) >= 11 is 6.24. The van der Waals surface area contributed by atoms with Crippen molar-refractivity contribution >= 4 is 23.4 Å². The van der Waals surface area contributed by atoms with Crippen LogP contribution in [0.5, 0.6) is 11.5 Å². The number of fused-ring (bicyclic) bond motifs is 1. The van der Waals surface area contributed by atoms with Gasteiger partial charge in [-0.25, -0.2) is 0 Å². The molecule has 1 saturated heterocycles. The number of ether oxygens (including phenoxy) is 3. The summed E-state index contributed by atoms with van der Waals surface area (Å²) in [5.41, 5.74) is 1.50. The molecule has 2 amide bonds. The van der Waals surface area contributed by atoms with Gasteiger partial charge in [0.1, 0.15) is 6.61 Å². The predicted molar refractivity (Wildman–Crippen MR) is 96.5 cm³/mol. The first kappa shape index (κ1) is 17.6. The molecule has 7 nitrogen and oxygen atoms in total. The minimum atomic E-state index is -0.878. The number of morpholine rings is 1. The Hall–Kier alpha value is -2.77. The van der Waals surface area contributed by atoms with Crippen LogP contribution in [-0.2, 0) is 20.9 Å². The largest absolute Gasteiger partial charge is 0.454 e. The summed E-state index contributed by atoms with van der Waals surface area (Å²) in [5.74, 6) is 0.705. The number of amides is 2. The average Bonchev–Trinajstić information content (AvgIpc) is 3.14. The van der Waals surface area contributed by atoms with E-state index < -0.39 is 12.1 Å². The molecule has 4 rings (SSSR count). The maximum atomic E-state index is 12.7. The van der Waals surface area contributed by atoms with Gasteiger partial charge in [0.05, 0.1) is 6.04 Å². The number of rotatable bonds is 4. The van der Waals surface area contributed by atoms with Gasteiger partial charge in [-0.15, -0.1) is 0 Å². The third kappa shape index (κ3) is 3.70. The van der Waals surface area contributed by atoms with Crippen LogP contribution < -0.4 is 20.1 Å². The Kier molecular flexibility index (Phi) is 4.87. The molecule has 2 aromatic carbocycles. The molecule has 2 heterocycles. The summed E-state index contributed by atoms with van der Waals surface area (Å²) in [6.45, 7) is 0.307. The Labute approximate surface area is 160 Å². The van der Waals surface area contributed by atoms with E-state index in [9.17, 15) is 9.59 Å². The van der Waals surface area contributed by atoms with E-state index in [4.69, 9.17) is 25.8 Å². The van der Waals surface area contributed by atoms with Crippen LogP contribution in [0.15, 0.2) is 42.5 Å². The molecule has 2 aliphatic heterocycles. The highest BCUT2D eigenvalue weighted by Crippen LogP contribution is 2.32. The molecule has 1 fully saturated rings. The van der Waals surface area contributed by atoms with E-state index in [0.717, 1.165) is 5.56 Å². The number of carbonyl (C=O) groups excluding carboxylic acids is 2. The van der Waals surface area contributed by atoms with Crippen LogP contribution in [0.3, 0.4) is 0 Å². The smallest absolute Gasteiger partial charge is 0.251 e. The van der Waals surface area contributed by atoms with E-state index in [0.29, 0.717) is 28.6 Å². The van der Waals surface area contributed by atoms with Crippen molar-refractivity contribution in [1.82, 2.24) is 10.6 Å². The van der Waals surface area contributed by atoms with Gasteiger partial charge < -0.3 is 24.8 Å². The first-order valence-electron chi connectivity index (χ1n) is 8.43. The average molecular weight is 389 g/mol. The molecule has 0 bridgehead atoms. The lowest BCUT2D eigenvalue weighted by atomic mass is 9.99. The van der Waals surface area contributed by atoms with Gasteiger partial charge in [0.25, 0.3) is 5.91 Å². The van der Waals surface area contributed by atoms with E-state index >= 15 is 0 Å². The van der Waals surface area contributed by atoms with Crippen molar-refractivity contribution in [2.24, 2.45) is 0 Å². The fraction of sp³-hybridized carbons (Fsp3) is 0.263. The van der Waals surface area contributed by atoms with Gasteiger partial charge in [-0.2, -0.15) is 0 Å². The molecule has 0 saturated carbocycles. The molecular formula is C19H17ClN2O5. The highest BCUT2D eigenvalue weighted by atomic mass is 35.5. The summed E-state index contributed by atoms with van der Waals surface area (Å²) in [5, 5.41) is 6.09. The number of hydrogen-bond acceptors (Lipinski definition) is 5. The van der Waals surface area contributed by atoms with Crippen molar-refractivity contribution in [3.8, 4) is 11.5 Å². The molecule has 140 valence electrons. The van der Waals surface area contributed by atoms with Crippen LogP contribution >= 0.6 is 11.6 Å². The number of halogens is 1. The molecule has 0 unspecified atom stereocenters. The second-order valence-corrected chi connectivity index (χ2v) is 6.61. The third-order valence-electron chi connectivity index (χ3n) is 4.42. The quantitative estimate of drug-likeness (QED) is 0.836. The molecule has 2 N–H and O–H groups in total. The van der Waals surface area contributed by atoms with Crippen molar-refractivity contribution < 1.29 is 23.8 Å². The minimum absolute atomic E-state index is 0.178. The maximum absolute atomic E-state index is 12.7. The molecule has 0 spiro atoms. The third-order valence-corrected chi connectivity index (χ3v) is 4.76. The lowest BCUT2D eigenvalue weighted by Crippen LogP contribution is -2.52. The van der Waals surface area contributed by atoms with Crippen LogP contribution in [0.2, 0.25) is 5.02 Å². The Morgan fingerprint density at radius 3 is 2.85 bits per heavy atom. The molecule has 0 aliphatic carbocycles. The van der Waals surface area contributed by atoms with Gasteiger partial charge in [0.15, 0.2) is 17.6 Å². The highest BCUT2D eigenvalue weighted by Gasteiger charge is 2.36. The van der Waals surface area contributed by atoms with Gasteiger partial charge >= 0.3 is 0 Å². The summed E-state index contributed by atoms with van der Waals surface area (Å²) in [6.07, 6.45) is -0.878. The van der Waals surface area contributed by atoms with E-state index in [2.05, 4.69) is 10.6 Å². The molecule has 0 aromatic heterocycles. The number of benzene rings is 2. The van der Waals surface area contributed by atoms with E-state index in [1.165, 1.54) is 0 Å². The first-order valence-corrected chi connectivity index (χ1v) is 8.81. The second kappa shape index (κ2) is 7.46. The van der Waals surface area contributed by atoms with Crippen LogP contribution in [0.4, 0.5) is 0 Å². The number of carbonyl (C=O) groups is 2. The molecule has 0 radical (unpaired) electrons. The van der Waals surface area contributed by atoms with Crippen LogP contribution in [0.25, 0.3) is 0 Å². The summed E-state index contributed by atoms with van der Waals surface area (Å²) in [7, 11) is 0. The molecule has 8 heteroatoms. The molecular weight excluding hydrogens is 372 g/mol. The number of nitrogens with one attached hydrogen (secondary N) is 2. The molecule has 2 atom stereocenters. The monoisotopic (exact) mass is 388 g/mol. The summed E-state index contributed by atoms with van der Waals surface area (Å²) < 4.78 is 16.1. The summed E-state index contributed by atoms with van der Waals surface area (Å²) in [4.78, 5) is 24.5. The second-order valence-electron chi connectivity index (χ2n) is 6.20. The Morgan fingerprint density at radius 1 is 1.19 bits per heavy atom. The van der Waals surface area contributed by atoms with Gasteiger partial charge in [-0.05, 0) is 29.3 Å². The molecule has 27 heavy (non-hydrogen) atoms. The lowest BCUT2D eigenvalue weighted by molar-refractivity contribution is -0.148. The van der Waals surface area contributed by atoms with Crippen molar-refractivity contribution in [1.29, 1.82) is 0 Å². The van der Waals surface area contributed by atoms with Gasteiger partial charge in [0.2, 0.25) is 12.7 Å². The number of hydrogen-bond donors (Lipinski definition) is 2. The molecule has 2 aromatic rings. The van der Waals surface area contributed by atoms with Crippen LogP contribution in [0, 0.1) is 0 Å². The van der Waals surface area contributed by atoms with Gasteiger partial charge in [0, 0.05) is 11.6 Å². The van der Waals surface area contributed by atoms with E-state index in [-0.39, 0.29) is 25.2 Å². The van der Waals surface area contributed by atoms with Crippen LogP contribution in [0.1, 0.15) is 17.2 Å². The SMILES string of the molecule is O=C1CO[C@H](C(=O)NCc2ccc3c(c2)OCO3)[C@@H](c2ccccc2Cl)N1.